The first kappa shape index (κ1) is 76.1. The summed E-state index contributed by atoms with van der Waals surface area (Å²) in [6, 6.07) is 71.5. The molecule has 0 radical (unpaired) electrons. The number of carboxylic acids is 1. The van der Waals surface area contributed by atoms with E-state index in [9.17, 15) is 28.8 Å². The maximum Gasteiger partial charge on any atom is 0.309 e. The van der Waals surface area contributed by atoms with Gasteiger partial charge in [0.1, 0.15) is 0 Å². The summed E-state index contributed by atoms with van der Waals surface area (Å²) in [4.78, 5) is 63.6. The number of amides is 3. The summed E-state index contributed by atoms with van der Waals surface area (Å²) < 4.78 is 9.96. The fraction of sp³-hybridized carbons (Fsp3) is 0.342. The standard InChI is InChI=1S/2C12H14O2.C10H11NO.2C10H13N.C10H10O2.C8H8.C4H6N2O2.2ClH/c2*1-2-14-12(13)11-8-10(11)9-6-4-3-5-7-9;11-10(12)9-6-8(9)7-4-2-1-3-5-7;2*11-7-9-6-10(9)8-4-2-1-3-5-8;11-10(12)9-6-8(9)7-4-2-1-3-5-7;1-2-8-6-4-3-5-7-8;1-2-4(8)6-5-3-7;;/h2*3-7,10-11H,2,8H2,1H3;1-5,8-9H,6H2,(H2,11,12);2*1-5,9-10H,6-7,11H2;1-5,8-9H,6H2,(H,11,12);2-7H,1H2;3H,2H2,1H3;2*1H. The number of ether oxygens (including phenoxy) is 2. The van der Waals surface area contributed by atoms with E-state index in [-0.39, 0.29) is 91.0 Å². The van der Waals surface area contributed by atoms with Crippen molar-refractivity contribution >= 4 is 67.0 Å². The van der Waals surface area contributed by atoms with Crippen molar-refractivity contribution in [3.63, 3.8) is 0 Å². The Morgan fingerprint density at radius 1 is 0.457 bits per heavy atom. The first-order valence-corrected chi connectivity index (χ1v) is 31.4. The zero-order valence-electron chi connectivity index (χ0n) is 52.9. The van der Waals surface area contributed by atoms with Gasteiger partial charge in [0, 0.05) is 12.3 Å². The van der Waals surface area contributed by atoms with Crippen LogP contribution in [0.3, 0.4) is 0 Å². The van der Waals surface area contributed by atoms with Crippen LogP contribution in [-0.4, -0.2) is 67.5 Å². The molecule has 0 spiro atoms. The van der Waals surface area contributed by atoms with Crippen molar-refractivity contribution in [3.8, 4) is 0 Å². The van der Waals surface area contributed by atoms with E-state index in [1.165, 1.54) is 46.2 Å². The van der Waals surface area contributed by atoms with Crippen molar-refractivity contribution in [3.05, 3.63) is 258 Å². The first-order chi connectivity index (χ1) is 43.8. The Morgan fingerprint density at radius 3 is 0.967 bits per heavy atom. The number of nitrogens with zero attached hydrogens (tertiary/aromatic N) is 2. The topological polar surface area (TPSA) is 244 Å². The average molecular weight is 1290 g/mol. The molecule has 6 aliphatic rings. The summed E-state index contributed by atoms with van der Waals surface area (Å²) in [6.07, 6.45) is 8.57. The van der Waals surface area contributed by atoms with E-state index in [4.69, 9.17) is 31.8 Å². The number of rotatable bonds is 17. The van der Waals surface area contributed by atoms with E-state index in [2.05, 4.69) is 102 Å². The highest BCUT2D eigenvalue weighted by Crippen LogP contribution is 2.51. The second-order valence-corrected chi connectivity index (χ2v) is 22.9. The summed E-state index contributed by atoms with van der Waals surface area (Å²) in [7, 11) is 0. The number of carbonyl (C=O) groups excluding carboxylic acids is 5. The molecule has 6 aliphatic carbocycles. The van der Waals surface area contributed by atoms with Crippen LogP contribution >= 0.6 is 24.8 Å². The predicted octanol–water partition coefficient (Wildman–Crippen LogP) is 15.1. The van der Waals surface area contributed by atoms with Gasteiger partial charge in [0.15, 0.2) is 0 Å². The van der Waals surface area contributed by atoms with Crippen LogP contribution < -0.4 is 17.2 Å². The molecule has 7 N–H and O–H groups in total. The third kappa shape index (κ3) is 26.4. The highest BCUT2D eigenvalue weighted by molar-refractivity contribution is 5.86. The minimum atomic E-state index is -0.663. The third-order valence-corrected chi connectivity index (χ3v) is 16.4. The van der Waals surface area contributed by atoms with Crippen LogP contribution in [0.15, 0.2) is 229 Å². The molecule has 13 rings (SSSR count). The Labute approximate surface area is 555 Å². The summed E-state index contributed by atoms with van der Waals surface area (Å²) in [5, 5.41) is 14.5. The maximum atomic E-state index is 11.4. The molecule has 0 saturated heterocycles. The van der Waals surface area contributed by atoms with Gasteiger partial charge in [0.05, 0.1) is 31.0 Å². The first-order valence-electron chi connectivity index (χ1n) is 31.4. The fourth-order valence-corrected chi connectivity index (χ4v) is 10.6. The SMILES string of the molecule is C=Cc1ccccc1.CCC(=O)N=NC=O.CCOC(=O)C1CC1c1ccccc1.CCOC(=O)C1CC1c1ccccc1.Cl.Cl.NC(=O)C1CC1c1ccccc1.NCC1CC1c1ccccc1.NCC1CC1c1ccccc1.O=C(O)C1CC1c1ccccc1. The molecule has 6 saturated carbocycles. The quantitative estimate of drug-likeness (QED) is 0.0379. The number of carboxylic acid groups (broad SMARTS) is 1. The molecule has 7 aromatic rings. The van der Waals surface area contributed by atoms with Crippen molar-refractivity contribution < 1.29 is 43.3 Å². The molecule has 0 aliphatic heterocycles. The second kappa shape index (κ2) is 41.2. The van der Waals surface area contributed by atoms with Crippen molar-refractivity contribution in [1.29, 1.82) is 0 Å². The van der Waals surface area contributed by atoms with E-state index in [1.54, 1.807) is 6.92 Å². The van der Waals surface area contributed by atoms with Crippen LogP contribution in [0, 0.1) is 35.5 Å². The van der Waals surface area contributed by atoms with Crippen LogP contribution in [-0.2, 0) is 38.2 Å². The molecular formula is C76H91Cl2N5O9. The maximum absolute atomic E-state index is 11.4. The summed E-state index contributed by atoms with van der Waals surface area (Å²) >= 11 is 0. The minimum absolute atomic E-state index is 0. The van der Waals surface area contributed by atoms with Gasteiger partial charge in [-0.1, -0.05) is 232 Å². The lowest BCUT2D eigenvalue weighted by Gasteiger charge is -2.00. The lowest BCUT2D eigenvalue weighted by molar-refractivity contribution is -0.145. The number of nitrogens with two attached hydrogens (primary N) is 3. The third-order valence-electron chi connectivity index (χ3n) is 16.4. The molecule has 92 heavy (non-hydrogen) atoms. The van der Waals surface area contributed by atoms with E-state index in [0.29, 0.717) is 31.0 Å². The summed E-state index contributed by atoms with van der Waals surface area (Å²) in [5.74, 6) is 3.40. The molecular weight excluding hydrogens is 1200 g/mol. The number of hydrogen-bond acceptors (Lipinski definition) is 10. The van der Waals surface area contributed by atoms with E-state index < -0.39 is 5.97 Å². The number of hydrogen-bond donors (Lipinski definition) is 4. The lowest BCUT2D eigenvalue weighted by Crippen LogP contribution is -2.13. The molecule has 0 heterocycles. The van der Waals surface area contributed by atoms with Crippen molar-refractivity contribution in [2.45, 2.75) is 101 Å². The molecule has 12 atom stereocenters. The smallest absolute Gasteiger partial charge is 0.309 e. The molecule has 0 aromatic heterocycles. The van der Waals surface area contributed by atoms with Gasteiger partial charge in [-0.2, -0.15) is 0 Å². The Balaban J connectivity index is 0.000000225. The molecule has 0 bridgehead atoms. The number of aliphatic carboxylic acids is 1. The summed E-state index contributed by atoms with van der Waals surface area (Å²) in [6.45, 7) is 11.6. The van der Waals surface area contributed by atoms with Crippen LogP contribution in [0.1, 0.15) is 140 Å². The highest BCUT2D eigenvalue weighted by Gasteiger charge is 2.47. The Kier molecular flexibility index (Phi) is 34.0. The number of benzene rings is 7. The van der Waals surface area contributed by atoms with E-state index in [1.807, 2.05) is 147 Å². The van der Waals surface area contributed by atoms with Crippen molar-refractivity contribution in [1.82, 2.24) is 0 Å². The molecule has 6 fully saturated rings. The molecule has 3 amide bonds. The number of carbonyl (C=O) groups is 6. The minimum Gasteiger partial charge on any atom is -0.481 e. The number of halogens is 2. The zero-order valence-corrected chi connectivity index (χ0v) is 54.6. The largest absolute Gasteiger partial charge is 0.481 e. The molecule has 16 heteroatoms. The Morgan fingerprint density at radius 2 is 0.739 bits per heavy atom. The van der Waals surface area contributed by atoms with Crippen LogP contribution in [0.25, 0.3) is 6.08 Å². The van der Waals surface area contributed by atoms with Gasteiger partial charge in [-0.3, -0.25) is 28.8 Å². The summed E-state index contributed by atoms with van der Waals surface area (Å²) in [5.41, 5.74) is 25.3. The van der Waals surface area contributed by atoms with Crippen LogP contribution in [0.5, 0.6) is 0 Å². The van der Waals surface area contributed by atoms with Crippen molar-refractivity contribution in [2.75, 3.05) is 26.3 Å². The molecule has 7 aromatic carbocycles. The number of azo groups is 1. The van der Waals surface area contributed by atoms with Crippen LogP contribution in [0.4, 0.5) is 0 Å². The zero-order chi connectivity index (χ0) is 64.6. The predicted molar refractivity (Wildman–Crippen MR) is 369 cm³/mol. The van der Waals surface area contributed by atoms with Crippen LogP contribution in [0.2, 0.25) is 0 Å². The number of esters is 2. The van der Waals surface area contributed by atoms with E-state index >= 15 is 0 Å². The van der Waals surface area contributed by atoms with Gasteiger partial charge in [-0.15, -0.1) is 35.0 Å². The second-order valence-electron chi connectivity index (χ2n) is 22.9. The van der Waals surface area contributed by atoms with Gasteiger partial charge in [0.25, 0.3) is 12.3 Å². The Hall–Kier alpha value is -8.40. The van der Waals surface area contributed by atoms with Gasteiger partial charge >= 0.3 is 17.9 Å². The molecule has 14 nitrogen and oxygen atoms in total. The van der Waals surface area contributed by atoms with E-state index in [0.717, 1.165) is 68.0 Å². The lowest BCUT2D eigenvalue weighted by atomic mass is 10.1. The van der Waals surface area contributed by atoms with Gasteiger partial charge < -0.3 is 31.8 Å². The normalized spacial score (nSPS) is 22.8. The van der Waals surface area contributed by atoms with Gasteiger partial charge in [0.2, 0.25) is 5.91 Å². The monoisotopic (exact) mass is 1290 g/mol. The van der Waals surface area contributed by atoms with Crippen molar-refractivity contribution in [2.24, 2.45) is 62.9 Å². The van der Waals surface area contributed by atoms with Gasteiger partial charge in [-0.05, 0) is 152 Å². The number of primary amides is 1. The molecule has 12 unspecified atom stereocenters. The average Bonchev–Trinajstić information content (AvgIpc) is 1.76. The highest BCUT2D eigenvalue weighted by atomic mass is 35.5. The fourth-order valence-electron chi connectivity index (χ4n) is 10.6. The molecule has 488 valence electrons. The van der Waals surface area contributed by atoms with Gasteiger partial charge in [-0.25, -0.2) is 0 Å². The Bertz CT molecular complexity index is 3120.